The number of urea groups is 1. The summed E-state index contributed by atoms with van der Waals surface area (Å²) in [5, 5.41) is 15.1. The normalized spacial score (nSPS) is 11.8. The number of aliphatic carboxylic acids is 1. The standard InChI is InChI=1S/C18H22N4O4S/c1-9(2)6-13(17(24)25)21-11-5-3-4-10(7-11)14-8-12(15(19)23)16(27-14)22-18(20)26/h3-5,7-9,13,21H,6H2,1-2H3,(H2,19,23)(H,24,25)(H3,20,22,26)/t13-/m1/s1. The first-order valence-corrected chi connectivity index (χ1v) is 9.09. The smallest absolute Gasteiger partial charge is 0.326 e. The Bertz CT molecular complexity index is 863. The summed E-state index contributed by atoms with van der Waals surface area (Å²) < 4.78 is 0. The minimum Gasteiger partial charge on any atom is -0.480 e. The first-order valence-electron chi connectivity index (χ1n) is 8.27. The van der Waals surface area contributed by atoms with Crippen molar-refractivity contribution < 1.29 is 19.5 Å². The summed E-state index contributed by atoms with van der Waals surface area (Å²) in [7, 11) is 0. The minimum absolute atomic E-state index is 0.162. The van der Waals surface area contributed by atoms with Gasteiger partial charge in [0.2, 0.25) is 0 Å². The number of carboxylic acids is 1. The number of hydrogen-bond donors (Lipinski definition) is 5. The van der Waals surface area contributed by atoms with Gasteiger partial charge in [-0.2, -0.15) is 0 Å². The number of nitrogens with one attached hydrogen (secondary N) is 2. The Kier molecular flexibility index (Phi) is 6.40. The lowest BCUT2D eigenvalue weighted by Gasteiger charge is -2.18. The molecule has 0 unspecified atom stereocenters. The molecule has 0 aliphatic heterocycles. The zero-order chi connectivity index (χ0) is 20.1. The fourth-order valence-corrected chi connectivity index (χ4v) is 3.64. The highest BCUT2D eigenvalue weighted by Crippen LogP contribution is 2.36. The van der Waals surface area contributed by atoms with E-state index in [0.29, 0.717) is 17.0 Å². The van der Waals surface area contributed by atoms with Crippen LogP contribution in [-0.4, -0.2) is 29.1 Å². The number of primary amides is 2. The monoisotopic (exact) mass is 390 g/mol. The molecular weight excluding hydrogens is 368 g/mol. The Morgan fingerprint density at radius 2 is 1.89 bits per heavy atom. The van der Waals surface area contributed by atoms with Crippen LogP contribution in [0.4, 0.5) is 15.5 Å². The molecule has 144 valence electrons. The molecule has 0 saturated heterocycles. The number of carbonyl (C=O) groups excluding carboxylic acids is 2. The second kappa shape index (κ2) is 8.54. The summed E-state index contributed by atoms with van der Waals surface area (Å²) in [5.41, 5.74) is 12.0. The van der Waals surface area contributed by atoms with Crippen LogP contribution in [0.3, 0.4) is 0 Å². The predicted octanol–water partition coefficient (Wildman–Crippen LogP) is 2.92. The van der Waals surface area contributed by atoms with Gasteiger partial charge in [-0.3, -0.25) is 10.1 Å². The maximum Gasteiger partial charge on any atom is 0.326 e. The number of rotatable bonds is 8. The number of nitrogens with two attached hydrogens (primary N) is 2. The van der Waals surface area contributed by atoms with Crippen molar-refractivity contribution >= 4 is 39.9 Å². The predicted molar refractivity (Wildman–Crippen MR) is 106 cm³/mol. The van der Waals surface area contributed by atoms with Crippen LogP contribution in [-0.2, 0) is 4.79 Å². The van der Waals surface area contributed by atoms with Crippen molar-refractivity contribution in [1.29, 1.82) is 0 Å². The molecule has 1 atom stereocenters. The Hall–Kier alpha value is -3.07. The van der Waals surface area contributed by atoms with Crippen LogP contribution < -0.4 is 22.1 Å². The van der Waals surface area contributed by atoms with Gasteiger partial charge in [-0.1, -0.05) is 26.0 Å². The third-order valence-electron chi connectivity index (χ3n) is 3.73. The number of carbonyl (C=O) groups is 3. The van der Waals surface area contributed by atoms with Crippen molar-refractivity contribution in [1.82, 2.24) is 0 Å². The van der Waals surface area contributed by atoms with Crippen LogP contribution in [0.1, 0.15) is 30.6 Å². The lowest BCUT2D eigenvalue weighted by Crippen LogP contribution is -2.30. The number of benzene rings is 1. The Morgan fingerprint density at radius 1 is 1.19 bits per heavy atom. The average Bonchev–Trinajstić information content (AvgIpc) is 2.97. The van der Waals surface area contributed by atoms with Crippen molar-refractivity contribution in [3.05, 3.63) is 35.9 Å². The molecule has 0 spiro atoms. The number of amides is 3. The van der Waals surface area contributed by atoms with E-state index in [0.717, 1.165) is 16.9 Å². The van der Waals surface area contributed by atoms with Crippen molar-refractivity contribution in [2.75, 3.05) is 10.6 Å². The van der Waals surface area contributed by atoms with Gasteiger partial charge in [0.25, 0.3) is 5.91 Å². The highest BCUT2D eigenvalue weighted by molar-refractivity contribution is 7.20. The minimum atomic E-state index is -0.922. The van der Waals surface area contributed by atoms with Crippen LogP contribution in [0.2, 0.25) is 0 Å². The third-order valence-corrected chi connectivity index (χ3v) is 4.83. The Morgan fingerprint density at radius 3 is 2.44 bits per heavy atom. The molecule has 0 aliphatic carbocycles. The molecule has 9 heteroatoms. The van der Waals surface area contributed by atoms with Crippen molar-refractivity contribution in [3.63, 3.8) is 0 Å². The molecule has 8 nitrogen and oxygen atoms in total. The zero-order valence-corrected chi connectivity index (χ0v) is 15.8. The van der Waals surface area contributed by atoms with E-state index in [9.17, 15) is 19.5 Å². The molecule has 0 radical (unpaired) electrons. The van der Waals surface area contributed by atoms with E-state index in [1.807, 2.05) is 19.9 Å². The molecule has 0 aliphatic rings. The summed E-state index contributed by atoms with van der Waals surface area (Å²) >= 11 is 1.16. The molecule has 0 fully saturated rings. The van der Waals surface area contributed by atoms with Gasteiger partial charge in [0, 0.05) is 10.6 Å². The summed E-state index contributed by atoms with van der Waals surface area (Å²) in [4.78, 5) is 34.9. The molecule has 3 amide bonds. The van der Waals surface area contributed by atoms with Crippen LogP contribution in [0, 0.1) is 5.92 Å². The van der Waals surface area contributed by atoms with Gasteiger partial charge in [0.1, 0.15) is 11.0 Å². The fourth-order valence-electron chi connectivity index (χ4n) is 2.58. The average molecular weight is 390 g/mol. The highest BCUT2D eigenvalue weighted by Gasteiger charge is 2.19. The van der Waals surface area contributed by atoms with Gasteiger partial charge in [-0.15, -0.1) is 11.3 Å². The lowest BCUT2D eigenvalue weighted by molar-refractivity contribution is -0.138. The largest absolute Gasteiger partial charge is 0.480 e. The van der Waals surface area contributed by atoms with Gasteiger partial charge in [-0.25, -0.2) is 9.59 Å². The number of hydrogen-bond acceptors (Lipinski definition) is 5. The molecule has 0 bridgehead atoms. The molecule has 27 heavy (non-hydrogen) atoms. The maximum atomic E-state index is 11.6. The summed E-state index contributed by atoms with van der Waals surface area (Å²) in [6.07, 6.45) is 0.483. The summed E-state index contributed by atoms with van der Waals surface area (Å²) in [6.45, 7) is 3.91. The van der Waals surface area contributed by atoms with E-state index in [4.69, 9.17) is 11.5 Å². The first kappa shape index (κ1) is 20.2. The second-order valence-electron chi connectivity index (χ2n) is 6.45. The van der Waals surface area contributed by atoms with E-state index in [1.165, 1.54) is 0 Å². The molecule has 0 saturated carbocycles. The van der Waals surface area contributed by atoms with Crippen molar-refractivity contribution in [2.24, 2.45) is 17.4 Å². The SMILES string of the molecule is CC(C)C[C@@H](Nc1cccc(-c2cc(C(N)=O)c(NC(N)=O)s2)c1)C(=O)O. The highest BCUT2D eigenvalue weighted by atomic mass is 32.1. The van der Waals surface area contributed by atoms with E-state index in [1.54, 1.807) is 24.3 Å². The molecule has 1 aromatic heterocycles. The fraction of sp³-hybridized carbons (Fsp3) is 0.278. The first-order chi connectivity index (χ1) is 12.7. The maximum absolute atomic E-state index is 11.6. The van der Waals surface area contributed by atoms with E-state index in [-0.39, 0.29) is 16.5 Å². The molecule has 2 rings (SSSR count). The third kappa shape index (κ3) is 5.45. The number of anilines is 2. The van der Waals surface area contributed by atoms with Crippen LogP contribution >= 0.6 is 11.3 Å². The molecule has 7 N–H and O–H groups in total. The van der Waals surface area contributed by atoms with Gasteiger partial charge < -0.3 is 21.9 Å². The van der Waals surface area contributed by atoms with Crippen molar-refractivity contribution in [2.45, 2.75) is 26.3 Å². The quantitative estimate of drug-likeness (QED) is 0.470. The second-order valence-corrected chi connectivity index (χ2v) is 7.50. The van der Waals surface area contributed by atoms with Gasteiger partial charge in [0.05, 0.1) is 5.56 Å². The molecule has 2 aromatic rings. The summed E-state index contributed by atoms with van der Waals surface area (Å²) in [6, 6.07) is 7.20. The Labute approximate surface area is 160 Å². The van der Waals surface area contributed by atoms with Crippen LogP contribution in [0.15, 0.2) is 30.3 Å². The zero-order valence-electron chi connectivity index (χ0n) is 15.0. The number of carboxylic acid groups (broad SMARTS) is 1. The lowest BCUT2D eigenvalue weighted by atomic mass is 10.0. The van der Waals surface area contributed by atoms with Gasteiger partial charge >= 0.3 is 12.0 Å². The molecular formula is C18H22N4O4S. The van der Waals surface area contributed by atoms with Gasteiger partial charge in [0.15, 0.2) is 0 Å². The molecule has 1 aromatic carbocycles. The van der Waals surface area contributed by atoms with Crippen molar-refractivity contribution in [3.8, 4) is 10.4 Å². The van der Waals surface area contributed by atoms with Crippen LogP contribution in [0.5, 0.6) is 0 Å². The van der Waals surface area contributed by atoms with E-state index >= 15 is 0 Å². The Balaban J connectivity index is 2.33. The van der Waals surface area contributed by atoms with Crippen LogP contribution in [0.25, 0.3) is 10.4 Å². The number of thiophene rings is 1. The molecule has 1 heterocycles. The topological polar surface area (TPSA) is 148 Å². The summed E-state index contributed by atoms with van der Waals surface area (Å²) in [5.74, 6) is -1.38. The van der Waals surface area contributed by atoms with E-state index < -0.39 is 23.9 Å². The van der Waals surface area contributed by atoms with Gasteiger partial charge in [-0.05, 0) is 36.1 Å². The van der Waals surface area contributed by atoms with E-state index in [2.05, 4.69) is 10.6 Å².